The number of rotatable bonds is 4. The van der Waals surface area contributed by atoms with Crippen molar-refractivity contribution < 1.29 is 4.42 Å². The molecule has 2 aromatic heterocycles. The van der Waals surface area contributed by atoms with Gasteiger partial charge < -0.3 is 13.9 Å². The molecule has 8 aromatic carbocycles. The molecule has 0 amide bonds. The van der Waals surface area contributed by atoms with E-state index in [1.165, 1.54) is 54.8 Å². The van der Waals surface area contributed by atoms with Gasteiger partial charge in [0, 0.05) is 44.0 Å². The predicted molar refractivity (Wildman–Crippen MR) is 218 cm³/mol. The fourth-order valence-electron chi connectivity index (χ4n) is 8.93. The Labute approximate surface area is 301 Å². The summed E-state index contributed by atoms with van der Waals surface area (Å²) < 4.78 is 9.21. The molecule has 0 radical (unpaired) electrons. The van der Waals surface area contributed by atoms with Gasteiger partial charge in [-0.15, -0.1) is 0 Å². The molecule has 1 aliphatic carbocycles. The highest BCUT2D eigenvalue weighted by atomic mass is 16.3. The largest absolute Gasteiger partial charge is 0.454 e. The van der Waals surface area contributed by atoms with Gasteiger partial charge in [-0.05, 0) is 93.7 Å². The Kier molecular flexibility index (Phi) is 6.01. The summed E-state index contributed by atoms with van der Waals surface area (Å²) in [6.07, 6.45) is 0. The van der Waals surface area contributed by atoms with E-state index in [1.54, 1.807) is 0 Å². The Balaban J connectivity index is 1.17. The SMILES string of the molecule is CC1(C)c2ccccc2-c2ccc(N(c3ccc(-n4c5ccccc5c5ccccc54)cc3)c3cc4ccccc4c4c3oc3ccccc34)cc21. The molecule has 1 aliphatic rings. The lowest BCUT2D eigenvalue weighted by atomic mass is 9.82. The standard InChI is InChI=1S/C49H34N2O/c1-49(2)41-19-9-5-15-36(41)37-28-27-34(30-42(37)49)50(45-29-31-13-3-4-14-35(31)47-40-18-8-12-22-46(40)52-48(45)47)32-23-25-33(26-24-32)51-43-20-10-6-16-38(43)39-17-7-11-21-44(39)51/h3-30H,1-2H3. The first-order valence-electron chi connectivity index (χ1n) is 18.0. The van der Waals surface area contributed by atoms with E-state index in [2.05, 4.69) is 193 Å². The number of nitrogens with zero attached hydrogens (tertiary/aromatic N) is 2. The highest BCUT2D eigenvalue weighted by molar-refractivity contribution is 6.23. The minimum Gasteiger partial charge on any atom is -0.454 e. The number of para-hydroxylation sites is 3. The zero-order valence-corrected chi connectivity index (χ0v) is 29.0. The van der Waals surface area contributed by atoms with Crippen LogP contribution in [0.5, 0.6) is 0 Å². The lowest BCUT2D eigenvalue weighted by molar-refractivity contribution is 0.660. The molecule has 3 heteroatoms. The van der Waals surface area contributed by atoms with E-state index in [-0.39, 0.29) is 5.41 Å². The van der Waals surface area contributed by atoms with Crippen molar-refractivity contribution in [3.63, 3.8) is 0 Å². The summed E-state index contributed by atoms with van der Waals surface area (Å²) >= 11 is 0. The number of hydrogen-bond acceptors (Lipinski definition) is 2. The second-order valence-corrected chi connectivity index (χ2v) is 14.5. The molecule has 0 spiro atoms. The van der Waals surface area contributed by atoms with Crippen LogP contribution < -0.4 is 4.90 Å². The van der Waals surface area contributed by atoms with Crippen LogP contribution in [-0.2, 0) is 5.41 Å². The van der Waals surface area contributed by atoms with Crippen LogP contribution in [0.2, 0.25) is 0 Å². The van der Waals surface area contributed by atoms with E-state index in [1.807, 2.05) is 0 Å². The molecule has 0 saturated heterocycles. The average molecular weight is 667 g/mol. The van der Waals surface area contributed by atoms with Crippen LogP contribution in [-0.4, -0.2) is 4.57 Å². The molecular formula is C49H34N2O. The van der Waals surface area contributed by atoms with Gasteiger partial charge in [-0.1, -0.05) is 123 Å². The summed E-state index contributed by atoms with van der Waals surface area (Å²) in [7, 11) is 0. The van der Waals surface area contributed by atoms with E-state index in [0.29, 0.717) is 0 Å². The fourth-order valence-corrected chi connectivity index (χ4v) is 8.93. The molecule has 246 valence electrons. The van der Waals surface area contributed by atoms with E-state index >= 15 is 0 Å². The monoisotopic (exact) mass is 666 g/mol. The number of fused-ring (bicyclic) bond motifs is 11. The third-order valence-corrected chi connectivity index (χ3v) is 11.4. The van der Waals surface area contributed by atoms with Crippen molar-refractivity contribution in [3.05, 3.63) is 181 Å². The van der Waals surface area contributed by atoms with Crippen molar-refractivity contribution in [1.29, 1.82) is 0 Å². The van der Waals surface area contributed by atoms with Crippen LogP contribution in [0.25, 0.3) is 71.3 Å². The lowest BCUT2D eigenvalue weighted by Crippen LogP contribution is -2.16. The van der Waals surface area contributed by atoms with Crippen LogP contribution in [0, 0.1) is 0 Å². The van der Waals surface area contributed by atoms with Gasteiger partial charge in [0.2, 0.25) is 0 Å². The Hall–Kier alpha value is -6.58. The second kappa shape index (κ2) is 10.7. The maximum Gasteiger partial charge on any atom is 0.160 e. The van der Waals surface area contributed by atoms with Gasteiger partial charge in [0.15, 0.2) is 5.58 Å². The molecule has 0 atom stereocenters. The quantitative estimate of drug-likeness (QED) is 0.186. The number of benzene rings is 8. The molecule has 11 rings (SSSR count). The van der Waals surface area contributed by atoms with Crippen LogP contribution in [0.15, 0.2) is 174 Å². The van der Waals surface area contributed by atoms with Crippen LogP contribution >= 0.6 is 0 Å². The van der Waals surface area contributed by atoms with Gasteiger partial charge in [0.1, 0.15) is 5.58 Å². The lowest BCUT2D eigenvalue weighted by Gasteiger charge is -2.28. The summed E-state index contributed by atoms with van der Waals surface area (Å²) in [5, 5.41) is 7.16. The molecule has 0 unspecified atom stereocenters. The maximum atomic E-state index is 6.83. The first-order valence-corrected chi connectivity index (χ1v) is 18.0. The molecule has 2 heterocycles. The maximum absolute atomic E-state index is 6.83. The fraction of sp³-hybridized carbons (Fsp3) is 0.0612. The minimum atomic E-state index is -0.133. The summed E-state index contributed by atoms with van der Waals surface area (Å²) in [6.45, 7) is 4.69. The van der Waals surface area contributed by atoms with Crippen LogP contribution in [0.1, 0.15) is 25.0 Å². The van der Waals surface area contributed by atoms with E-state index < -0.39 is 0 Å². The third-order valence-electron chi connectivity index (χ3n) is 11.4. The molecule has 0 fully saturated rings. The van der Waals surface area contributed by atoms with Gasteiger partial charge in [0.05, 0.1) is 16.7 Å². The van der Waals surface area contributed by atoms with Crippen molar-refractivity contribution in [2.24, 2.45) is 0 Å². The zero-order valence-electron chi connectivity index (χ0n) is 29.0. The van der Waals surface area contributed by atoms with Crippen molar-refractivity contribution in [1.82, 2.24) is 4.57 Å². The number of furan rings is 1. The van der Waals surface area contributed by atoms with Crippen molar-refractivity contribution in [2.75, 3.05) is 4.90 Å². The Morgan fingerprint density at radius 3 is 1.87 bits per heavy atom. The first kappa shape index (κ1) is 29.2. The molecule has 0 N–H and O–H groups in total. The van der Waals surface area contributed by atoms with Gasteiger partial charge >= 0.3 is 0 Å². The zero-order chi connectivity index (χ0) is 34.6. The summed E-state index contributed by atoms with van der Waals surface area (Å²) in [5.74, 6) is 0. The van der Waals surface area contributed by atoms with Crippen molar-refractivity contribution in [3.8, 4) is 16.8 Å². The molecule has 3 nitrogen and oxygen atoms in total. The highest BCUT2D eigenvalue weighted by Crippen LogP contribution is 2.52. The smallest absolute Gasteiger partial charge is 0.160 e. The average Bonchev–Trinajstić information content (AvgIpc) is 3.82. The minimum absolute atomic E-state index is 0.133. The van der Waals surface area contributed by atoms with E-state index in [0.717, 1.165) is 44.7 Å². The topological polar surface area (TPSA) is 21.3 Å². The van der Waals surface area contributed by atoms with Crippen LogP contribution in [0.3, 0.4) is 0 Å². The van der Waals surface area contributed by atoms with E-state index in [9.17, 15) is 0 Å². The second-order valence-electron chi connectivity index (χ2n) is 14.5. The normalized spacial score (nSPS) is 13.3. The van der Waals surface area contributed by atoms with E-state index in [4.69, 9.17) is 4.42 Å². The molecule has 0 aliphatic heterocycles. The summed E-state index contributed by atoms with van der Waals surface area (Å²) in [6, 6.07) is 61.6. The van der Waals surface area contributed by atoms with Gasteiger partial charge in [-0.25, -0.2) is 0 Å². The Morgan fingerprint density at radius 1 is 0.500 bits per heavy atom. The van der Waals surface area contributed by atoms with Crippen LogP contribution in [0.4, 0.5) is 17.1 Å². The molecule has 0 saturated carbocycles. The molecule has 0 bridgehead atoms. The summed E-state index contributed by atoms with van der Waals surface area (Å²) in [4.78, 5) is 2.39. The highest BCUT2D eigenvalue weighted by Gasteiger charge is 2.36. The van der Waals surface area contributed by atoms with Crippen molar-refractivity contribution in [2.45, 2.75) is 19.3 Å². The number of anilines is 3. The third kappa shape index (κ3) is 4.02. The van der Waals surface area contributed by atoms with Gasteiger partial charge in [0.25, 0.3) is 0 Å². The van der Waals surface area contributed by atoms with Crippen molar-refractivity contribution >= 4 is 71.6 Å². The Morgan fingerprint density at radius 2 is 1.10 bits per heavy atom. The Bertz CT molecular complexity index is 3000. The molecule has 10 aromatic rings. The predicted octanol–water partition coefficient (Wildman–Crippen LogP) is 13.6. The van der Waals surface area contributed by atoms with Gasteiger partial charge in [-0.3, -0.25) is 0 Å². The van der Waals surface area contributed by atoms with Gasteiger partial charge in [-0.2, -0.15) is 0 Å². The number of hydrogen-bond donors (Lipinski definition) is 0. The molecular weight excluding hydrogens is 633 g/mol. The first-order chi connectivity index (χ1) is 25.6. The number of aromatic nitrogens is 1. The molecule has 52 heavy (non-hydrogen) atoms. The summed E-state index contributed by atoms with van der Waals surface area (Å²) in [5.41, 5.74) is 13.7.